The molecule has 0 saturated heterocycles. The molecule has 120 valence electrons. The van der Waals surface area contributed by atoms with Gasteiger partial charge in [0.05, 0.1) is 14.2 Å². The molecule has 2 aromatic rings. The van der Waals surface area contributed by atoms with Gasteiger partial charge in [0.1, 0.15) is 17.1 Å². The first kappa shape index (κ1) is 15.4. The van der Waals surface area contributed by atoms with Crippen molar-refractivity contribution in [3.8, 4) is 11.5 Å². The molecule has 0 atom stereocenters. The third-order valence-corrected chi connectivity index (χ3v) is 4.27. The largest absolute Gasteiger partial charge is 0.496 e. The highest BCUT2D eigenvalue weighted by Gasteiger charge is 2.18. The van der Waals surface area contributed by atoms with E-state index < -0.39 is 0 Å². The molecule has 1 aliphatic rings. The van der Waals surface area contributed by atoms with Crippen LogP contribution in [0.3, 0.4) is 0 Å². The first-order chi connectivity index (χ1) is 11.2. The van der Waals surface area contributed by atoms with Gasteiger partial charge in [-0.05, 0) is 48.1 Å². The van der Waals surface area contributed by atoms with Crippen molar-refractivity contribution in [2.75, 3.05) is 14.2 Å². The van der Waals surface area contributed by atoms with E-state index >= 15 is 0 Å². The van der Waals surface area contributed by atoms with Gasteiger partial charge in [0, 0.05) is 6.54 Å². The molecule has 0 aliphatic heterocycles. The minimum absolute atomic E-state index is 0.195. The van der Waals surface area contributed by atoms with E-state index in [4.69, 9.17) is 9.47 Å². The van der Waals surface area contributed by atoms with Crippen molar-refractivity contribution in [2.24, 2.45) is 0 Å². The van der Waals surface area contributed by atoms with Gasteiger partial charge < -0.3 is 14.8 Å². The molecule has 1 N–H and O–H groups in total. The monoisotopic (exact) mass is 311 g/mol. The predicted octanol–water partition coefficient (Wildman–Crippen LogP) is 3.12. The van der Waals surface area contributed by atoms with Crippen LogP contribution in [0.5, 0.6) is 11.5 Å². The van der Waals surface area contributed by atoms with Gasteiger partial charge in [-0.15, -0.1) is 0 Å². The summed E-state index contributed by atoms with van der Waals surface area (Å²) in [4.78, 5) is 12.5. The van der Waals surface area contributed by atoms with E-state index in [-0.39, 0.29) is 5.91 Å². The molecule has 2 aromatic carbocycles. The molecule has 0 spiro atoms. The summed E-state index contributed by atoms with van der Waals surface area (Å²) in [6, 6.07) is 11.8. The summed E-state index contributed by atoms with van der Waals surface area (Å²) < 4.78 is 10.6. The Morgan fingerprint density at radius 1 is 1.04 bits per heavy atom. The molecule has 0 fully saturated rings. The van der Waals surface area contributed by atoms with Crippen LogP contribution in [-0.2, 0) is 19.4 Å². The highest BCUT2D eigenvalue weighted by atomic mass is 16.5. The molecule has 0 aromatic heterocycles. The Kier molecular flexibility index (Phi) is 4.51. The van der Waals surface area contributed by atoms with Crippen molar-refractivity contribution < 1.29 is 14.3 Å². The molecule has 1 aliphatic carbocycles. The number of rotatable bonds is 5. The van der Waals surface area contributed by atoms with Crippen LogP contribution in [0.1, 0.15) is 33.5 Å². The lowest BCUT2D eigenvalue weighted by molar-refractivity contribution is 0.0944. The minimum Gasteiger partial charge on any atom is -0.496 e. The summed E-state index contributed by atoms with van der Waals surface area (Å²) in [6.45, 7) is 0.493. The Morgan fingerprint density at radius 2 is 1.74 bits per heavy atom. The number of carbonyl (C=O) groups excluding carboxylic acids is 1. The Labute approximate surface area is 136 Å². The first-order valence-electron chi connectivity index (χ1n) is 7.83. The van der Waals surface area contributed by atoms with Crippen LogP contribution in [0.15, 0.2) is 36.4 Å². The van der Waals surface area contributed by atoms with Crippen molar-refractivity contribution in [1.29, 1.82) is 0 Å². The first-order valence-corrected chi connectivity index (χ1v) is 7.83. The Morgan fingerprint density at radius 3 is 2.43 bits per heavy atom. The van der Waals surface area contributed by atoms with Crippen molar-refractivity contribution >= 4 is 5.91 Å². The zero-order valence-electron chi connectivity index (χ0n) is 13.5. The summed E-state index contributed by atoms with van der Waals surface area (Å²) in [5.74, 6) is 0.825. The van der Waals surface area contributed by atoms with Gasteiger partial charge in [-0.3, -0.25) is 4.79 Å². The molecule has 4 nitrogen and oxygen atoms in total. The van der Waals surface area contributed by atoms with Crippen LogP contribution >= 0.6 is 0 Å². The van der Waals surface area contributed by atoms with Gasteiger partial charge in [-0.2, -0.15) is 0 Å². The average Bonchev–Trinajstić information content (AvgIpc) is 3.06. The maximum atomic E-state index is 12.5. The van der Waals surface area contributed by atoms with Crippen LogP contribution in [-0.4, -0.2) is 20.1 Å². The van der Waals surface area contributed by atoms with Crippen LogP contribution < -0.4 is 14.8 Å². The lowest BCUT2D eigenvalue weighted by atomic mass is 10.1. The molecule has 3 rings (SSSR count). The maximum absolute atomic E-state index is 12.5. The van der Waals surface area contributed by atoms with Crippen molar-refractivity contribution in [2.45, 2.75) is 25.8 Å². The highest BCUT2D eigenvalue weighted by Crippen LogP contribution is 2.28. The fourth-order valence-electron chi connectivity index (χ4n) is 3.08. The van der Waals surface area contributed by atoms with E-state index in [0.29, 0.717) is 23.6 Å². The van der Waals surface area contributed by atoms with Crippen LogP contribution in [0.2, 0.25) is 0 Å². The normalized spacial score (nSPS) is 12.6. The fraction of sp³-hybridized carbons (Fsp3) is 0.316. The van der Waals surface area contributed by atoms with E-state index in [1.54, 1.807) is 32.4 Å². The lowest BCUT2D eigenvalue weighted by Crippen LogP contribution is -2.24. The van der Waals surface area contributed by atoms with Crippen LogP contribution in [0.4, 0.5) is 0 Å². The van der Waals surface area contributed by atoms with Crippen molar-refractivity contribution in [1.82, 2.24) is 5.32 Å². The molecular weight excluding hydrogens is 290 g/mol. The zero-order chi connectivity index (χ0) is 16.2. The summed E-state index contributed by atoms with van der Waals surface area (Å²) in [5.41, 5.74) is 4.39. The predicted molar refractivity (Wildman–Crippen MR) is 89.2 cm³/mol. The molecule has 0 unspecified atom stereocenters. The number of hydrogen-bond acceptors (Lipinski definition) is 3. The van der Waals surface area contributed by atoms with E-state index in [1.807, 2.05) is 0 Å². The van der Waals surface area contributed by atoms with Crippen molar-refractivity contribution in [3.63, 3.8) is 0 Å². The molecule has 1 amide bonds. The third-order valence-electron chi connectivity index (χ3n) is 4.27. The summed E-state index contributed by atoms with van der Waals surface area (Å²) in [6.07, 6.45) is 3.53. The number of aryl methyl sites for hydroxylation is 2. The second-order valence-electron chi connectivity index (χ2n) is 5.68. The number of hydrogen-bond donors (Lipinski definition) is 1. The number of benzene rings is 2. The summed E-state index contributed by atoms with van der Waals surface area (Å²) in [5, 5.41) is 2.96. The minimum atomic E-state index is -0.195. The van der Waals surface area contributed by atoms with Gasteiger partial charge >= 0.3 is 0 Å². The average molecular weight is 311 g/mol. The maximum Gasteiger partial charge on any atom is 0.259 e. The Bertz CT molecular complexity index is 702. The molecular formula is C19H21NO3. The molecule has 23 heavy (non-hydrogen) atoms. The van der Waals surface area contributed by atoms with Gasteiger partial charge in [0.15, 0.2) is 0 Å². The van der Waals surface area contributed by atoms with Gasteiger partial charge in [0.25, 0.3) is 5.91 Å². The quantitative estimate of drug-likeness (QED) is 0.923. The van der Waals surface area contributed by atoms with Gasteiger partial charge in [0.2, 0.25) is 0 Å². The van der Waals surface area contributed by atoms with E-state index in [9.17, 15) is 4.79 Å². The van der Waals surface area contributed by atoms with Crippen molar-refractivity contribution in [3.05, 3.63) is 58.7 Å². The van der Waals surface area contributed by atoms with E-state index in [0.717, 1.165) is 12.0 Å². The van der Waals surface area contributed by atoms with Gasteiger partial charge in [-0.1, -0.05) is 24.3 Å². The van der Waals surface area contributed by atoms with Crippen LogP contribution in [0, 0.1) is 0 Å². The number of amides is 1. The van der Waals surface area contributed by atoms with E-state index in [1.165, 1.54) is 24.0 Å². The third kappa shape index (κ3) is 3.16. The number of methoxy groups -OCH3 is 2. The summed E-state index contributed by atoms with van der Waals surface area (Å²) >= 11 is 0. The number of carbonyl (C=O) groups is 1. The highest BCUT2D eigenvalue weighted by molar-refractivity contribution is 5.99. The standard InChI is InChI=1S/C19H21NO3/c1-22-16-7-4-8-17(23-2)18(16)19(21)20-12-13-9-10-14-5-3-6-15(14)11-13/h4,7-11H,3,5-6,12H2,1-2H3,(H,20,21). The van der Waals surface area contributed by atoms with E-state index in [2.05, 4.69) is 23.5 Å². The molecule has 0 saturated carbocycles. The topological polar surface area (TPSA) is 47.6 Å². The number of fused-ring (bicyclic) bond motifs is 1. The number of ether oxygens (including phenoxy) is 2. The fourth-order valence-corrected chi connectivity index (χ4v) is 3.08. The SMILES string of the molecule is COc1cccc(OC)c1C(=O)NCc1ccc2c(c1)CCC2. The Balaban J connectivity index is 1.75. The molecule has 0 bridgehead atoms. The zero-order valence-corrected chi connectivity index (χ0v) is 13.5. The second kappa shape index (κ2) is 6.73. The molecule has 4 heteroatoms. The molecule has 0 radical (unpaired) electrons. The van der Waals surface area contributed by atoms with Gasteiger partial charge in [-0.25, -0.2) is 0 Å². The second-order valence-corrected chi connectivity index (χ2v) is 5.68. The lowest BCUT2D eigenvalue weighted by Gasteiger charge is -2.13. The Hall–Kier alpha value is -2.49. The molecule has 0 heterocycles. The number of nitrogens with one attached hydrogen (secondary N) is 1. The van der Waals surface area contributed by atoms with Crippen LogP contribution in [0.25, 0.3) is 0 Å². The smallest absolute Gasteiger partial charge is 0.259 e. The summed E-state index contributed by atoms with van der Waals surface area (Å²) in [7, 11) is 3.10.